The van der Waals surface area contributed by atoms with Crippen molar-refractivity contribution in [2.75, 3.05) is 5.73 Å². The predicted molar refractivity (Wildman–Crippen MR) is 51.0 cm³/mol. The van der Waals surface area contributed by atoms with Crippen LogP contribution in [-0.4, -0.2) is 4.98 Å². The Morgan fingerprint density at radius 2 is 2.25 bits per heavy atom. The van der Waals surface area contributed by atoms with Crippen LogP contribution in [0.2, 0.25) is 0 Å². The SMILES string of the molecule is C=C(N)/C=C/c1ccc(N)nc1. The van der Waals surface area contributed by atoms with Crippen LogP contribution < -0.4 is 11.5 Å². The van der Waals surface area contributed by atoms with Crippen molar-refractivity contribution in [2.45, 2.75) is 0 Å². The molecule has 0 saturated heterocycles. The van der Waals surface area contributed by atoms with Crippen LogP contribution >= 0.6 is 0 Å². The highest BCUT2D eigenvalue weighted by Crippen LogP contribution is 2.03. The highest BCUT2D eigenvalue weighted by Gasteiger charge is 1.86. The summed E-state index contributed by atoms with van der Waals surface area (Å²) in [7, 11) is 0. The Labute approximate surface area is 71.4 Å². The summed E-state index contributed by atoms with van der Waals surface area (Å²) in [6.45, 7) is 3.53. The molecule has 0 radical (unpaired) electrons. The highest BCUT2D eigenvalue weighted by atomic mass is 14.8. The number of nitrogen functional groups attached to an aromatic ring is 1. The summed E-state index contributed by atoms with van der Waals surface area (Å²) in [6, 6.07) is 3.60. The zero-order valence-electron chi connectivity index (χ0n) is 6.70. The molecule has 1 aromatic heterocycles. The van der Waals surface area contributed by atoms with Gasteiger partial charge < -0.3 is 11.5 Å². The third kappa shape index (κ3) is 2.46. The van der Waals surface area contributed by atoms with Crippen molar-refractivity contribution in [1.29, 1.82) is 0 Å². The second-order valence-corrected chi connectivity index (χ2v) is 2.42. The van der Waals surface area contributed by atoms with Crippen LogP contribution in [0.1, 0.15) is 5.56 Å². The lowest BCUT2D eigenvalue weighted by atomic mass is 10.2. The molecule has 0 atom stereocenters. The summed E-state index contributed by atoms with van der Waals surface area (Å²) >= 11 is 0. The summed E-state index contributed by atoms with van der Waals surface area (Å²) in [5.74, 6) is 0.513. The van der Waals surface area contributed by atoms with Crippen LogP contribution in [0.3, 0.4) is 0 Å². The molecule has 1 heterocycles. The van der Waals surface area contributed by atoms with Crippen molar-refractivity contribution in [1.82, 2.24) is 4.98 Å². The molecular formula is C9H11N3. The lowest BCUT2D eigenvalue weighted by Crippen LogP contribution is -1.90. The molecule has 0 bridgehead atoms. The Morgan fingerprint density at radius 1 is 1.50 bits per heavy atom. The number of nitrogens with zero attached hydrogens (tertiary/aromatic N) is 1. The summed E-state index contributed by atoms with van der Waals surface area (Å²) in [4.78, 5) is 3.91. The van der Waals surface area contributed by atoms with Crippen LogP contribution in [-0.2, 0) is 0 Å². The second kappa shape index (κ2) is 3.57. The van der Waals surface area contributed by atoms with Gasteiger partial charge in [0.25, 0.3) is 0 Å². The van der Waals surface area contributed by atoms with E-state index in [9.17, 15) is 0 Å². The third-order valence-electron chi connectivity index (χ3n) is 1.30. The molecule has 0 aliphatic heterocycles. The molecule has 0 spiro atoms. The molecule has 0 aromatic carbocycles. The van der Waals surface area contributed by atoms with Gasteiger partial charge >= 0.3 is 0 Å². The number of pyridine rings is 1. The van der Waals surface area contributed by atoms with E-state index in [1.54, 1.807) is 18.3 Å². The molecule has 0 amide bonds. The Morgan fingerprint density at radius 3 is 2.75 bits per heavy atom. The van der Waals surface area contributed by atoms with Crippen molar-refractivity contribution >= 4 is 11.9 Å². The molecule has 12 heavy (non-hydrogen) atoms. The predicted octanol–water partition coefficient (Wildman–Crippen LogP) is 1.15. The van der Waals surface area contributed by atoms with Gasteiger partial charge in [0.1, 0.15) is 5.82 Å². The molecule has 0 aliphatic carbocycles. The van der Waals surface area contributed by atoms with Gasteiger partial charge in [-0.3, -0.25) is 0 Å². The van der Waals surface area contributed by atoms with Crippen molar-refractivity contribution in [3.8, 4) is 0 Å². The summed E-state index contributed by atoms with van der Waals surface area (Å²) in [5, 5.41) is 0. The van der Waals surface area contributed by atoms with Gasteiger partial charge in [0.15, 0.2) is 0 Å². The van der Waals surface area contributed by atoms with Gasteiger partial charge in [0, 0.05) is 11.9 Å². The number of hydrogen-bond acceptors (Lipinski definition) is 3. The van der Waals surface area contributed by atoms with E-state index in [4.69, 9.17) is 11.5 Å². The van der Waals surface area contributed by atoms with Crippen LogP contribution in [0, 0.1) is 0 Å². The number of allylic oxidation sites excluding steroid dienone is 1. The first-order valence-corrected chi connectivity index (χ1v) is 3.52. The maximum atomic E-state index is 5.41. The zero-order chi connectivity index (χ0) is 8.97. The molecule has 0 saturated carbocycles. The van der Waals surface area contributed by atoms with Gasteiger partial charge in [-0.05, 0) is 23.8 Å². The fraction of sp³-hybridized carbons (Fsp3) is 0. The number of rotatable bonds is 2. The normalized spacial score (nSPS) is 10.3. The number of anilines is 1. The lowest BCUT2D eigenvalue weighted by Gasteiger charge is -1.93. The van der Waals surface area contributed by atoms with E-state index in [0.717, 1.165) is 5.56 Å². The fourth-order valence-electron chi connectivity index (χ4n) is 0.719. The number of aromatic nitrogens is 1. The Balaban J connectivity index is 2.77. The average molecular weight is 161 g/mol. The van der Waals surface area contributed by atoms with Crippen molar-refractivity contribution in [3.63, 3.8) is 0 Å². The third-order valence-corrected chi connectivity index (χ3v) is 1.30. The van der Waals surface area contributed by atoms with Gasteiger partial charge in [0.2, 0.25) is 0 Å². The molecule has 1 rings (SSSR count). The van der Waals surface area contributed by atoms with Gasteiger partial charge in [-0.1, -0.05) is 12.7 Å². The first-order valence-electron chi connectivity index (χ1n) is 3.52. The lowest BCUT2D eigenvalue weighted by molar-refractivity contribution is 1.32. The van der Waals surface area contributed by atoms with E-state index in [-0.39, 0.29) is 0 Å². The number of hydrogen-bond donors (Lipinski definition) is 2. The zero-order valence-corrected chi connectivity index (χ0v) is 6.70. The topological polar surface area (TPSA) is 64.9 Å². The van der Waals surface area contributed by atoms with E-state index >= 15 is 0 Å². The van der Waals surface area contributed by atoms with Crippen LogP contribution in [0.5, 0.6) is 0 Å². The van der Waals surface area contributed by atoms with Gasteiger partial charge in [-0.15, -0.1) is 0 Å². The van der Waals surface area contributed by atoms with Crippen LogP contribution in [0.4, 0.5) is 5.82 Å². The second-order valence-electron chi connectivity index (χ2n) is 2.42. The Hall–Kier alpha value is -1.77. The standard InChI is InChI=1S/C9H11N3/c1-7(10)2-3-8-4-5-9(11)12-6-8/h2-6H,1,10H2,(H2,11,12)/b3-2+. The number of nitrogens with two attached hydrogens (primary N) is 2. The monoisotopic (exact) mass is 161 g/mol. The quantitative estimate of drug-likeness (QED) is 0.639. The van der Waals surface area contributed by atoms with E-state index in [1.165, 1.54) is 0 Å². The smallest absolute Gasteiger partial charge is 0.123 e. The maximum Gasteiger partial charge on any atom is 0.123 e. The van der Waals surface area contributed by atoms with E-state index in [1.807, 2.05) is 12.1 Å². The highest BCUT2D eigenvalue weighted by molar-refractivity contribution is 5.52. The first-order chi connectivity index (χ1) is 5.68. The van der Waals surface area contributed by atoms with Crippen molar-refractivity contribution in [2.24, 2.45) is 5.73 Å². The summed E-state index contributed by atoms with van der Waals surface area (Å²) in [5.41, 5.74) is 12.2. The van der Waals surface area contributed by atoms with Gasteiger partial charge in [-0.25, -0.2) is 4.98 Å². The Bertz CT molecular complexity index is 298. The molecule has 0 unspecified atom stereocenters. The minimum absolute atomic E-state index is 0.513. The summed E-state index contributed by atoms with van der Waals surface area (Å²) < 4.78 is 0. The molecule has 4 N–H and O–H groups in total. The molecule has 0 fully saturated rings. The van der Waals surface area contributed by atoms with Crippen molar-refractivity contribution < 1.29 is 0 Å². The van der Waals surface area contributed by atoms with Gasteiger partial charge in [-0.2, -0.15) is 0 Å². The molecular weight excluding hydrogens is 150 g/mol. The average Bonchev–Trinajstić information content (AvgIpc) is 2.03. The van der Waals surface area contributed by atoms with Crippen LogP contribution in [0.15, 0.2) is 36.7 Å². The van der Waals surface area contributed by atoms with Gasteiger partial charge in [0.05, 0.1) is 0 Å². The fourth-order valence-corrected chi connectivity index (χ4v) is 0.719. The molecule has 62 valence electrons. The minimum atomic E-state index is 0.513. The molecule has 3 heteroatoms. The first kappa shape index (κ1) is 8.33. The minimum Gasteiger partial charge on any atom is -0.399 e. The van der Waals surface area contributed by atoms with E-state index < -0.39 is 0 Å². The molecule has 3 nitrogen and oxygen atoms in total. The van der Waals surface area contributed by atoms with E-state index in [0.29, 0.717) is 11.5 Å². The molecule has 0 aliphatic rings. The van der Waals surface area contributed by atoms with Crippen LogP contribution in [0.25, 0.3) is 6.08 Å². The molecule has 1 aromatic rings. The Kier molecular flexibility index (Phi) is 2.48. The van der Waals surface area contributed by atoms with Crippen molar-refractivity contribution in [3.05, 3.63) is 42.2 Å². The van der Waals surface area contributed by atoms with E-state index in [2.05, 4.69) is 11.6 Å². The summed E-state index contributed by atoms with van der Waals surface area (Å²) in [6.07, 6.45) is 5.22. The maximum absolute atomic E-state index is 5.41. The largest absolute Gasteiger partial charge is 0.399 e.